The Morgan fingerprint density at radius 1 is 1.10 bits per heavy atom. The lowest BCUT2D eigenvalue weighted by molar-refractivity contribution is 0.432. The fourth-order valence-corrected chi connectivity index (χ4v) is 2.61. The minimum absolute atomic E-state index is 0.422. The third-order valence-corrected chi connectivity index (χ3v) is 3.64. The predicted octanol–water partition coefficient (Wildman–Crippen LogP) is 4.06. The van der Waals surface area contributed by atoms with Crippen molar-refractivity contribution < 1.29 is 4.52 Å². The zero-order valence-corrected chi connectivity index (χ0v) is 12.4. The number of anilines is 1. The zero-order valence-electron chi connectivity index (χ0n) is 10.8. The quantitative estimate of drug-likeness (QED) is 0.720. The molecule has 0 spiro atoms. The average molecular weight is 330 g/mol. The lowest BCUT2D eigenvalue weighted by Gasteiger charge is -2.00. The number of rotatable bonds is 2. The number of hydrogen-bond acceptors (Lipinski definition) is 4. The van der Waals surface area contributed by atoms with Crippen LogP contribution in [-0.4, -0.2) is 10.1 Å². The molecule has 3 aromatic rings. The SMILES string of the molecule is Cc1ccc(-c2noc(-c3ccccc3N)n2)c(Br)c1. The van der Waals surface area contributed by atoms with Crippen LogP contribution in [-0.2, 0) is 0 Å². The van der Waals surface area contributed by atoms with E-state index in [0.717, 1.165) is 21.2 Å². The minimum Gasteiger partial charge on any atom is -0.398 e. The number of para-hydroxylation sites is 1. The zero-order chi connectivity index (χ0) is 14.1. The summed E-state index contributed by atoms with van der Waals surface area (Å²) in [4.78, 5) is 4.41. The number of nitrogens with zero attached hydrogens (tertiary/aromatic N) is 2. The second-order valence-electron chi connectivity index (χ2n) is 4.49. The number of hydrogen-bond donors (Lipinski definition) is 1. The second kappa shape index (κ2) is 5.09. The Balaban J connectivity index is 2.04. The molecule has 100 valence electrons. The van der Waals surface area contributed by atoms with Crippen LogP contribution < -0.4 is 5.73 Å². The molecule has 0 bridgehead atoms. The lowest BCUT2D eigenvalue weighted by Crippen LogP contribution is -1.89. The van der Waals surface area contributed by atoms with Gasteiger partial charge in [0.15, 0.2) is 0 Å². The van der Waals surface area contributed by atoms with Crippen molar-refractivity contribution in [1.82, 2.24) is 10.1 Å². The van der Waals surface area contributed by atoms with Crippen molar-refractivity contribution in [3.63, 3.8) is 0 Å². The summed E-state index contributed by atoms with van der Waals surface area (Å²) < 4.78 is 6.25. The van der Waals surface area contributed by atoms with Crippen molar-refractivity contribution in [2.75, 3.05) is 5.73 Å². The van der Waals surface area contributed by atoms with Gasteiger partial charge in [0.2, 0.25) is 5.82 Å². The average Bonchev–Trinajstić information content (AvgIpc) is 2.88. The third kappa shape index (κ3) is 2.32. The van der Waals surface area contributed by atoms with Gasteiger partial charge < -0.3 is 10.3 Å². The van der Waals surface area contributed by atoms with Gasteiger partial charge in [-0.25, -0.2) is 0 Å². The molecule has 0 aliphatic rings. The molecule has 0 saturated carbocycles. The molecule has 1 aromatic heterocycles. The first kappa shape index (κ1) is 12.9. The molecule has 0 amide bonds. The van der Waals surface area contributed by atoms with Crippen LogP contribution in [0.4, 0.5) is 5.69 Å². The van der Waals surface area contributed by atoms with Gasteiger partial charge in [-0.15, -0.1) is 0 Å². The number of aromatic nitrogens is 2. The van der Waals surface area contributed by atoms with Crippen LogP contribution in [0.25, 0.3) is 22.8 Å². The molecule has 0 aliphatic carbocycles. The highest BCUT2D eigenvalue weighted by Crippen LogP contribution is 2.30. The largest absolute Gasteiger partial charge is 0.398 e. The highest BCUT2D eigenvalue weighted by Gasteiger charge is 2.14. The van der Waals surface area contributed by atoms with E-state index in [1.54, 1.807) is 6.07 Å². The van der Waals surface area contributed by atoms with Gasteiger partial charge in [-0.1, -0.05) is 39.3 Å². The van der Waals surface area contributed by atoms with Gasteiger partial charge in [0.1, 0.15) is 0 Å². The van der Waals surface area contributed by atoms with E-state index in [9.17, 15) is 0 Å². The Morgan fingerprint density at radius 2 is 1.90 bits per heavy atom. The Bertz CT molecular complexity index is 767. The summed E-state index contributed by atoms with van der Waals surface area (Å²) in [7, 11) is 0. The van der Waals surface area contributed by atoms with E-state index in [-0.39, 0.29) is 0 Å². The lowest BCUT2D eigenvalue weighted by atomic mass is 10.1. The first-order chi connectivity index (χ1) is 9.65. The number of aryl methyl sites for hydroxylation is 1. The van der Waals surface area contributed by atoms with Crippen molar-refractivity contribution in [1.29, 1.82) is 0 Å². The van der Waals surface area contributed by atoms with Gasteiger partial charge in [0.05, 0.1) is 5.56 Å². The van der Waals surface area contributed by atoms with Gasteiger partial charge in [-0.3, -0.25) is 0 Å². The maximum atomic E-state index is 5.91. The van der Waals surface area contributed by atoms with Crippen LogP contribution in [0.5, 0.6) is 0 Å². The van der Waals surface area contributed by atoms with Crippen LogP contribution in [0.3, 0.4) is 0 Å². The van der Waals surface area contributed by atoms with Gasteiger partial charge in [0, 0.05) is 15.7 Å². The topological polar surface area (TPSA) is 64.9 Å². The molecule has 0 fully saturated rings. The molecular formula is C15H12BrN3O. The van der Waals surface area contributed by atoms with Crippen molar-refractivity contribution in [3.05, 3.63) is 52.5 Å². The Labute approximate surface area is 124 Å². The molecule has 2 N–H and O–H groups in total. The number of nitrogen functional groups attached to an aromatic ring is 1. The molecule has 0 atom stereocenters. The summed E-state index contributed by atoms with van der Waals surface area (Å²) in [5, 5.41) is 4.02. The number of halogens is 1. The summed E-state index contributed by atoms with van der Waals surface area (Å²) in [5.41, 5.74) is 9.33. The normalized spacial score (nSPS) is 10.7. The maximum Gasteiger partial charge on any atom is 0.260 e. The smallest absolute Gasteiger partial charge is 0.260 e. The van der Waals surface area contributed by atoms with Gasteiger partial charge in [0.25, 0.3) is 5.89 Å². The summed E-state index contributed by atoms with van der Waals surface area (Å²) >= 11 is 3.52. The fourth-order valence-electron chi connectivity index (χ4n) is 1.94. The van der Waals surface area contributed by atoms with Gasteiger partial charge >= 0.3 is 0 Å². The minimum atomic E-state index is 0.422. The molecule has 20 heavy (non-hydrogen) atoms. The number of nitrogens with two attached hydrogens (primary N) is 1. The molecule has 0 radical (unpaired) electrons. The van der Waals surface area contributed by atoms with Crippen LogP contribution >= 0.6 is 15.9 Å². The molecule has 3 rings (SSSR count). The van der Waals surface area contributed by atoms with Gasteiger partial charge in [-0.05, 0) is 36.8 Å². The Morgan fingerprint density at radius 3 is 2.65 bits per heavy atom. The summed E-state index contributed by atoms with van der Waals surface area (Å²) in [6, 6.07) is 13.4. The Kier molecular flexibility index (Phi) is 3.28. The van der Waals surface area contributed by atoms with Crippen molar-refractivity contribution in [2.45, 2.75) is 6.92 Å². The monoisotopic (exact) mass is 329 g/mol. The van der Waals surface area contributed by atoms with E-state index in [1.807, 2.05) is 43.3 Å². The van der Waals surface area contributed by atoms with Crippen LogP contribution in [0.1, 0.15) is 5.56 Å². The molecule has 0 aliphatic heterocycles. The molecule has 2 aromatic carbocycles. The first-order valence-electron chi connectivity index (χ1n) is 6.10. The van der Waals surface area contributed by atoms with E-state index < -0.39 is 0 Å². The predicted molar refractivity (Wildman–Crippen MR) is 82.0 cm³/mol. The van der Waals surface area contributed by atoms with Crippen molar-refractivity contribution in [3.8, 4) is 22.8 Å². The molecule has 0 unspecified atom stereocenters. The molecule has 1 heterocycles. The van der Waals surface area contributed by atoms with Crippen LogP contribution in [0, 0.1) is 6.92 Å². The van der Waals surface area contributed by atoms with Gasteiger partial charge in [-0.2, -0.15) is 4.98 Å². The van der Waals surface area contributed by atoms with E-state index in [2.05, 4.69) is 26.1 Å². The van der Waals surface area contributed by atoms with Crippen LogP contribution in [0.15, 0.2) is 51.5 Å². The van der Waals surface area contributed by atoms with E-state index in [0.29, 0.717) is 17.4 Å². The summed E-state index contributed by atoms with van der Waals surface area (Å²) in [6.07, 6.45) is 0. The van der Waals surface area contributed by atoms with E-state index in [1.165, 1.54) is 0 Å². The first-order valence-corrected chi connectivity index (χ1v) is 6.89. The summed E-state index contributed by atoms with van der Waals surface area (Å²) in [6.45, 7) is 2.03. The molecule has 4 nitrogen and oxygen atoms in total. The maximum absolute atomic E-state index is 5.91. The third-order valence-electron chi connectivity index (χ3n) is 2.98. The van der Waals surface area contributed by atoms with E-state index >= 15 is 0 Å². The van der Waals surface area contributed by atoms with Crippen molar-refractivity contribution in [2.24, 2.45) is 0 Å². The fraction of sp³-hybridized carbons (Fsp3) is 0.0667. The van der Waals surface area contributed by atoms with E-state index in [4.69, 9.17) is 10.3 Å². The summed E-state index contributed by atoms with van der Waals surface area (Å²) in [5.74, 6) is 0.959. The highest BCUT2D eigenvalue weighted by atomic mass is 79.9. The molecular weight excluding hydrogens is 318 g/mol. The second-order valence-corrected chi connectivity index (χ2v) is 5.35. The Hall–Kier alpha value is -2.14. The number of benzene rings is 2. The van der Waals surface area contributed by atoms with Crippen molar-refractivity contribution >= 4 is 21.6 Å². The highest BCUT2D eigenvalue weighted by molar-refractivity contribution is 9.10. The molecule has 0 saturated heterocycles. The molecule has 5 heteroatoms. The van der Waals surface area contributed by atoms with Crippen LogP contribution in [0.2, 0.25) is 0 Å². The standard InChI is InChI=1S/C15H12BrN3O/c1-9-6-7-10(12(16)8-9)14-18-15(20-19-14)11-4-2-3-5-13(11)17/h2-8H,17H2,1H3.